The van der Waals surface area contributed by atoms with Crippen molar-refractivity contribution in [3.05, 3.63) is 64.4 Å². The molecule has 2 aliphatic rings. The van der Waals surface area contributed by atoms with Gasteiger partial charge in [0.2, 0.25) is 0 Å². The second kappa shape index (κ2) is 6.28. The van der Waals surface area contributed by atoms with Gasteiger partial charge in [0.05, 0.1) is 11.0 Å². The molecule has 0 N–H and O–H groups in total. The van der Waals surface area contributed by atoms with Gasteiger partial charge in [-0.05, 0) is 66.8 Å². The van der Waals surface area contributed by atoms with Gasteiger partial charge in [-0.3, -0.25) is 0 Å². The van der Waals surface area contributed by atoms with E-state index < -0.39 is 0 Å². The van der Waals surface area contributed by atoms with E-state index in [9.17, 15) is 0 Å². The van der Waals surface area contributed by atoms with Crippen molar-refractivity contribution in [3.8, 4) is 0 Å². The summed E-state index contributed by atoms with van der Waals surface area (Å²) in [5.41, 5.74) is 3.74. The van der Waals surface area contributed by atoms with Crippen molar-refractivity contribution in [2.75, 3.05) is 0 Å². The fourth-order valence-electron chi connectivity index (χ4n) is 5.09. The number of halogens is 1. The van der Waals surface area contributed by atoms with Gasteiger partial charge < -0.3 is 4.57 Å². The molecule has 2 fully saturated rings. The lowest BCUT2D eigenvalue weighted by Gasteiger charge is -2.21. The highest BCUT2D eigenvalue weighted by molar-refractivity contribution is 9.10. The highest BCUT2D eigenvalue weighted by Gasteiger charge is 2.39. The molecular formula is C22H23BrN2. The topological polar surface area (TPSA) is 17.8 Å². The number of aromatic nitrogens is 2. The molecule has 1 aromatic heterocycles. The lowest BCUT2D eigenvalue weighted by Crippen LogP contribution is -2.16. The molecule has 25 heavy (non-hydrogen) atoms. The van der Waals surface area contributed by atoms with Crippen LogP contribution in [0.1, 0.15) is 37.1 Å². The molecule has 1 heterocycles. The number of hydrogen-bond donors (Lipinski definition) is 0. The zero-order valence-corrected chi connectivity index (χ0v) is 16.0. The van der Waals surface area contributed by atoms with Crippen LogP contribution in [0.5, 0.6) is 0 Å². The van der Waals surface area contributed by atoms with Crippen molar-refractivity contribution in [2.24, 2.45) is 17.8 Å². The van der Waals surface area contributed by atoms with Crippen LogP contribution in [0, 0.1) is 17.8 Å². The molecule has 3 aromatic rings. The van der Waals surface area contributed by atoms with Crippen LogP contribution < -0.4 is 0 Å². The molecule has 2 saturated carbocycles. The van der Waals surface area contributed by atoms with Crippen LogP contribution in [0.25, 0.3) is 11.0 Å². The molecule has 5 rings (SSSR count). The fourth-order valence-corrected chi connectivity index (χ4v) is 5.36. The van der Waals surface area contributed by atoms with E-state index in [1.165, 1.54) is 42.6 Å². The van der Waals surface area contributed by atoms with Crippen LogP contribution >= 0.6 is 15.9 Å². The molecule has 3 unspecified atom stereocenters. The molecule has 2 aliphatic carbocycles. The predicted octanol–water partition coefficient (Wildman–Crippen LogP) is 5.83. The van der Waals surface area contributed by atoms with E-state index in [2.05, 4.69) is 69.0 Å². The van der Waals surface area contributed by atoms with Crippen LogP contribution in [0.15, 0.2) is 53.0 Å². The Balaban J connectivity index is 1.50. The van der Waals surface area contributed by atoms with Crippen molar-refractivity contribution in [1.82, 2.24) is 9.55 Å². The first-order chi connectivity index (χ1) is 12.3. The van der Waals surface area contributed by atoms with Gasteiger partial charge in [-0.15, -0.1) is 0 Å². The Morgan fingerprint density at radius 3 is 2.60 bits per heavy atom. The third-order valence-electron chi connectivity index (χ3n) is 6.32. The third kappa shape index (κ3) is 2.93. The number of benzene rings is 2. The maximum atomic E-state index is 5.03. The molecule has 0 saturated heterocycles. The average molecular weight is 395 g/mol. The first-order valence-corrected chi connectivity index (χ1v) is 10.2. The molecular weight excluding hydrogens is 372 g/mol. The van der Waals surface area contributed by atoms with Crippen molar-refractivity contribution in [1.29, 1.82) is 0 Å². The summed E-state index contributed by atoms with van der Waals surface area (Å²) in [7, 11) is 0. The van der Waals surface area contributed by atoms with Gasteiger partial charge in [0.25, 0.3) is 0 Å². The maximum Gasteiger partial charge on any atom is 0.110 e. The quantitative estimate of drug-likeness (QED) is 0.544. The van der Waals surface area contributed by atoms with Gasteiger partial charge in [-0.1, -0.05) is 46.6 Å². The summed E-state index contributed by atoms with van der Waals surface area (Å²) in [6.07, 6.45) is 6.95. The third-order valence-corrected chi connectivity index (χ3v) is 6.85. The lowest BCUT2D eigenvalue weighted by atomic mass is 9.86. The molecule has 0 aliphatic heterocycles. The molecule has 0 radical (unpaired) electrons. The smallest absolute Gasteiger partial charge is 0.110 e. The average Bonchev–Trinajstić information content (AvgIpc) is 3.32. The number of nitrogens with zero attached hydrogens (tertiary/aromatic N) is 2. The van der Waals surface area contributed by atoms with Crippen LogP contribution in [-0.4, -0.2) is 9.55 Å². The molecule has 3 atom stereocenters. The van der Waals surface area contributed by atoms with Gasteiger partial charge in [0.15, 0.2) is 0 Å². The maximum absolute atomic E-state index is 5.03. The standard InChI is InChI=1S/C22H23BrN2/c23-19-9-6-15(7-10-19)14-25-21-4-2-1-3-20(21)24-22(25)13-18-12-16-5-8-17(18)11-16/h1-4,6-7,9-10,16-18H,5,8,11-14H2. The minimum atomic E-state index is 0.847. The fraction of sp³-hybridized carbons (Fsp3) is 0.409. The molecule has 0 spiro atoms. The Hall–Kier alpha value is -1.61. The largest absolute Gasteiger partial charge is 0.323 e. The van der Waals surface area contributed by atoms with E-state index in [-0.39, 0.29) is 0 Å². The summed E-state index contributed by atoms with van der Waals surface area (Å²) in [6.45, 7) is 0.907. The zero-order valence-electron chi connectivity index (χ0n) is 14.4. The number of imidazole rings is 1. The van der Waals surface area contributed by atoms with Crippen LogP contribution in [0.3, 0.4) is 0 Å². The van der Waals surface area contributed by atoms with Gasteiger partial charge in [0, 0.05) is 17.4 Å². The highest BCUT2D eigenvalue weighted by atomic mass is 79.9. The summed E-state index contributed by atoms with van der Waals surface area (Å²) in [5, 5.41) is 0. The van der Waals surface area contributed by atoms with E-state index in [4.69, 9.17) is 4.98 Å². The molecule has 2 bridgehead atoms. The van der Waals surface area contributed by atoms with Crippen LogP contribution in [0.2, 0.25) is 0 Å². The molecule has 128 valence electrons. The molecule has 3 heteroatoms. The Morgan fingerprint density at radius 1 is 1.00 bits per heavy atom. The van der Waals surface area contributed by atoms with E-state index >= 15 is 0 Å². The van der Waals surface area contributed by atoms with Gasteiger partial charge in [-0.25, -0.2) is 4.98 Å². The molecule has 2 nitrogen and oxygen atoms in total. The van der Waals surface area contributed by atoms with E-state index in [0.717, 1.165) is 40.7 Å². The lowest BCUT2D eigenvalue weighted by molar-refractivity contribution is 0.324. The monoisotopic (exact) mass is 394 g/mol. The van der Waals surface area contributed by atoms with Crippen molar-refractivity contribution < 1.29 is 0 Å². The zero-order chi connectivity index (χ0) is 16.8. The van der Waals surface area contributed by atoms with Crippen molar-refractivity contribution in [2.45, 2.75) is 38.6 Å². The number of fused-ring (bicyclic) bond motifs is 3. The highest BCUT2D eigenvalue weighted by Crippen LogP contribution is 2.49. The van der Waals surface area contributed by atoms with E-state index in [0.29, 0.717) is 0 Å². The van der Waals surface area contributed by atoms with E-state index in [1.807, 2.05) is 0 Å². The summed E-state index contributed by atoms with van der Waals surface area (Å²) >= 11 is 3.54. The van der Waals surface area contributed by atoms with Gasteiger partial charge in [-0.2, -0.15) is 0 Å². The Labute approximate surface area is 157 Å². The Morgan fingerprint density at radius 2 is 1.84 bits per heavy atom. The first-order valence-electron chi connectivity index (χ1n) is 9.45. The second-order valence-corrected chi connectivity index (χ2v) is 8.78. The second-order valence-electron chi connectivity index (χ2n) is 7.87. The summed E-state index contributed by atoms with van der Waals surface area (Å²) in [5.74, 6) is 4.08. The molecule has 0 amide bonds. The van der Waals surface area contributed by atoms with Gasteiger partial charge in [0.1, 0.15) is 5.82 Å². The van der Waals surface area contributed by atoms with Crippen molar-refractivity contribution >= 4 is 27.0 Å². The number of rotatable bonds is 4. The summed E-state index contributed by atoms with van der Waals surface area (Å²) < 4.78 is 3.58. The van der Waals surface area contributed by atoms with Gasteiger partial charge >= 0.3 is 0 Å². The van der Waals surface area contributed by atoms with E-state index in [1.54, 1.807) is 0 Å². The predicted molar refractivity (Wildman–Crippen MR) is 106 cm³/mol. The Bertz CT molecular complexity index is 896. The normalized spacial score (nSPS) is 25.1. The SMILES string of the molecule is Brc1ccc(Cn2c(CC3CC4CCC3C4)nc3ccccc32)cc1. The minimum absolute atomic E-state index is 0.847. The molecule has 2 aromatic carbocycles. The van der Waals surface area contributed by atoms with Crippen molar-refractivity contribution in [3.63, 3.8) is 0 Å². The van der Waals surface area contributed by atoms with Crippen LogP contribution in [-0.2, 0) is 13.0 Å². The number of para-hydroxylation sites is 2. The first kappa shape index (κ1) is 15.6. The Kier molecular flexibility index (Phi) is 3.93. The summed E-state index contributed by atoms with van der Waals surface area (Å²) in [4.78, 5) is 5.03. The minimum Gasteiger partial charge on any atom is -0.323 e. The summed E-state index contributed by atoms with van der Waals surface area (Å²) in [6, 6.07) is 17.3. The number of hydrogen-bond acceptors (Lipinski definition) is 1. The van der Waals surface area contributed by atoms with Crippen LogP contribution in [0.4, 0.5) is 0 Å².